The first-order valence-electron chi connectivity index (χ1n) is 5.48. The van der Waals surface area contributed by atoms with Crippen LogP contribution in [0.15, 0.2) is 0 Å². The van der Waals surface area contributed by atoms with Gasteiger partial charge in [-0.15, -0.1) is 0 Å². The van der Waals surface area contributed by atoms with Gasteiger partial charge in [-0.25, -0.2) is 0 Å². The SMILES string of the molecule is Cc1nn(CC(C)(O)C(C)C)c(C)c1C. The van der Waals surface area contributed by atoms with Gasteiger partial charge in [-0.2, -0.15) is 5.10 Å². The van der Waals surface area contributed by atoms with Crippen molar-refractivity contribution in [3.05, 3.63) is 17.0 Å². The van der Waals surface area contributed by atoms with E-state index in [9.17, 15) is 5.11 Å². The van der Waals surface area contributed by atoms with Gasteiger partial charge in [0.1, 0.15) is 0 Å². The molecule has 1 rings (SSSR count). The van der Waals surface area contributed by atoms with E-state index in [2.05, 4.69) is 12.0 Å². The second-order valence-electron chi connectivity index (χ2n) is 4.97. The summed E-state index contributed by atoms with van der Waals surface area (Å²) < 4.78 is 1.91. The highest BCUT2D eigenvalue weighted by atomic mass is 16.3. The van der Waals surface area contributed by atoms with Crippen LogP contribution in [-0.4, -0.2) is 20.5 Å². The molecule has 0 radical (unpaired) electrons. The average molecular weight is 210 g/mol. The molecule has 86 valence electrons. The van der Waals surface area contributed by atoms with Crippen molar-refractivity contribution in [2.45, 2.75) is 53.7 Å². The smallest absolute Gasteiger partial charge is 0.0837 e. The Hall–Kier alpha value is -0.830. The average Bonchev–Trinajstić information content (AvgIpc) is 2.33. The Bertz CT molecular complexity index is 351. The van der Waals surface area contributed by atoms with Crippen molar-refractivity contribution in [1.82, 2.24) is 9.78 Å². The van der Waals surface area contributed by atoms with Gasteiger partial charge in [-0.05, 0) is 39.2 Å². The topological polar surface area (TPSA) is 38.0 Å². The van der Waals surface area contributed by atoms with E-state index in [1.165, 1.54) is 5.56 Å². The predicted octanol–water partition coefficient (Wildman–Crippen LogP) is 2.22. The fourth-order valence-corrected chi connectivity index (χ4v) is 1.43. The van der Waals surface area contributed by atoms with Crippen LogP contribution in [0.25, 0.3) is 0 Å². The molecule has 1 heterocycles. The largest absolute Gasteiger partial charge is 0.388 e. The number of aryl methyl sites for hydroxylation is 1. The maximum atomic E-state index is 10.2. The minimum Gasteiger partial charge on any atom is -0.388 e. The lowest BCUT2D eigenvalue weighted by Gasteiger charge is -2.28. The highest BCUT2D eigenvalue weighted by Gasteiger charge is 2.26. The van der Waals surface area contributed by atoms with Gasteiger partial charge >= 0.3 is 0 Å². The summed E-state index contributed by atoms with van der Waals surface area (Å²) in [6.45, 7) is 12.6. The van der Waals surface area contributed by atoms with Crippen LogP contribution in [0.2, 0.25) is 0 Å². The molecule has 0 saturated heterocycles. The van der Waals surface area contributed by atoms with Crippen LogP contribution in [0.4, 0.5) is 0 Å². The lowest BCUT2D eigenvalue weighted by molar-refractivity contribution is -0.00624. The second-order valence-corrected chi connectivity index (χ2v) is 4.97. The molecule has 1 atom stereocenters. The summed E-state index contributed by atoms with van der Waals surface area (Å²) in [7, 11) is 0. The molecule has 0 bridgehead atoms. The molecular formula is C12H22N2O. The molecule has 3 nitrogen and oxygen atoms in total. The number of nitrogens with zero attached hydrogens (tertiary/aromatic N) is 2. The van der Waals surface area contributed by atoms with Crippen molar-refractivity contribution in [3.8, 4) is 0 Å². The summed E-state index contributed by atoms with van der Waals surface area (Å²) >= 11 is 0. The summed E-state index contributed by atoms with van der Waals surface area (Å²) in [4.78, 5) is 0. The molecular weight excluding hydrogens is 188 g/mol. The third-order valence-electron chi connectivity index (χ3n) is 3.46. The Labute approximate surface area is 92.1 Å². The van der Waals surface area contributed by atoms with E-state index in [4.69, 9.17) is 0 Å². The van der Waals surface area contributed by atoms with Gasteiger partial charge in [0.15, 0.2) is 0 Å². The van der Waals surface area contributed by atoms with Crippen molar-refractivity contribution in [2.75, 3.05) is 0 Å². The zero-order chi connectivity index (χ0) is 11.8. The number of aromatic nitrogens is 2. The van der Waals surface area contributed by atoms with Gasteiger partial charge in [0.05, 0.1) is 17.8 Å². The summed E-state index contributed by atoms with van der Waals surface area (Å²) in [5.74, 6) is 0.224. The van der Waals surface area contributed by atoms with E-state index in [-0.39, 0.29) is 5.92 Å². The Morgan fingerprint density at radius 1 is 1.33 bits per heavy atom. The standard InChI is InChI=1S/C12H22N2O/c1-8(2)12(6,15)7-14-11(5)9(3)10(4)13-14/h8,15H,7H2,1-6H3. The minimum absolute atomic E-state index is 0.224. The van der Waals surface area contributed by atoms with Crippen molar-refractivity contribution in [2.24, 2.45) is 5.92 Å². The highest BCUT2D eigenvalue weighted by Crippen LogP contribution is 2.20. The van der Waals surface area contributed by atoms with Crippen LogP contribution in [0.5, 0.6) is 0 Å². The van der Waals surface area contributed by atoms with Gasteiger partial charge in [-0.1, -0.05) is 13.8 Å². The Balaban J connectivity index is 2.95. The van der Waals surface area contributed by atoms with E-state index in [1.807, 2.05) is 39.3 Å². The third-order valence-corrected chi connectivity index (χ3v) is 3.46. The summed E-state index contributed by atoms with van der Waals surface area (Å²) in [6.07, 6.45) is 0. The van der Waals surface area contributed by atoms with Crippen molar-refractivity contribution >= 4 is 0 Å². The number of aliphatic hydroxyl groups is 1. The quantitative estimate of drug-likeness (QED) is 0.830. The van der Waals surface area contributed by atoms with Gasteiger partial charge in [0, 0.05) is 5.69 Å². The van der Waals surface area contributed by atoms with Crippen LogP contribution >= 0.6 is 0 Å². The fraction of sp³-hybridized carbons (Fsp3) is 0.750. The van der Waals surface area contributed by atoms with E-state index >= 15 is 0 Å². The van der Waals surface area contributed by atoms with Crippen LogP contribution in [0, 0.1) is 26.7 Å². The van der Waals surface area contributed by atoms with Gasteiger partial charge in [-0.3, -0.25) is 4.68 Å². The molecule has 0 amide bonds. The lowest BCUT2D eigenvalue weighted by Crippen LogP contribution is -2.36. The van der Waals surface area contributed by atoms with Crippen LogP contribution in [-0.2, 0) is 6.54 Å². The van der Waals surface area contributed by atoms with Crippen molar-refractivity contribution in [1.29, 1.82) is 0 Å². The maximum absolute atomic E-state index is 10.2. The zero-order valence-electron chi connectivity index (χ0n) is 10.6. The molecule has 0 spiro atoms. The number of rotatable bonds is 3. The molecule has 0 saturated carbocycles. The summed E-state index contributed by atoms with van der Waals surface area (Å²) in [6, 6.07) is 0. The molecule has 3 heteroatoms. The monoisotopic (exact) mass is 210 g/mol. The molecule has 1 aromatic heterocycles. The van der Waals surface area contributed by atoms with E-state index < -0.39 is 5.60 Å². The normalized spacial score (nSPS) is 15.7. The summed E-state index contributed by atoms with van der Waals surface area (Å²) in [5.41, 5.74) is 2.71. The van der Waals surface area contributed by atoms with E-state index in [0.717, 1.165) is 11.4 Å². The van der Waals surface area contributed by atoms with Crippen molar-refractivity contribution < 1.29 is 5.11 Å². The molecule has 1 aromatic rings. The third kappa shape index (κ3) is 2.40. The first kappa shape index (κ1) is 12.2. The first-order valence-corrected chi connectivity index (χ1v) is 5.48. The number of hydrogen-bond donors (Lipinski definition) is 1. The Morgan fingerprint density at radius 2 is 1.87 bits per heavy atom. The molecule has 0 aliphatic rings. The van der Waals surface area contributed by atoms with Gasteiger partial charge in [0.2, 0.25) is 0 Å². The Morgan fingerprint density at radius 3 is 2.20 bits per heavy atom. The first-order chi connectivity index (χ1) is 6.75. The van der Waals surface area contributed by atoms with Crippen LogP contribution < -0.4 is 0 Å². The van der Waals surface area contributed by atoms with Crippen LogP contribution in [0.1, 0.15) is 37.7 Å². The van der Waals surface area contributed by atoms with Crippen molar-refractivity contribution in [3.63, 3.8) is 0 Å². The Kier molecular flexibility index (Phi) is 3.24. The minimum atomic E-state index is -0.699. The second kappa shape index (κ2) is 3.97. The molecule has 1 unspecified atom stereocenters. The molecule has 0 aromatic carbocycles. The van der Waals surface area contributed by atoms with E-state index in [0.29, 0.717) is 6.54 Å². The molecule has 1 N–H and O–H groups in total. The molecule has 0 aliphatic carbocycles. The van der Waals surface area contributed by atoms with Crippen LogP contribution in [0.3, 0.4) is 0 Å². The maximum Gasteiger partial charge on any atom is 0.0837 e. The molecule has 0 fully saturated rings. The highest BCUT2D eigenvalue weighted by molar-refractivity contribution is 5.22. The predicted molar refractivity (Wildman–Crippen MR) is 61.9 cm³/mol. The summed E-state index contributed by atoms with van der Waals surface area (Å²) in [5, 5.41) is 14.6. The fourth-order valence-electron chi connectivity index (χ4n) is 1.43. The lowest BCUT2D eigenvalue weighted by atomic mass is 9.92. The molecule has 15 heavy (non-hydrogen) atoms. The zero-order valence-corrected chi connectivity index (χ0v) is 10.6. The number of hydrogen-bond acceptors (Lipinski definition) is 2. The molecule has 0 aliphatic heterocycles. The van der Waals surface area contributed by atoms with Gasteiger partial charge in [0.25, 0.3) is 0 Å². The van der Waals surface area contributed by atoms with Gasteiger partial charge < -0.3 is 5.11 Å². The van der Waals surface area contributed by atoms with E-state index in [1.54, 1.807) is 0 Å².